The third-order valence-corrected chi connectivity index (χ3v) is 4.91. The monoisotopic (exact) mass is 443 g/mol. The summed E-state index contributed by atoms with van der Waals surface area (Å²) >= 11 is 12.2. The van der Waals surface area contributed by atoms with Crippen LogP contribution in [0.4, 0.5) is 10.1 Å². The summed E-state index contributed by atoms with van der Waals surface area (Å²) in [5.41, 5.74) is 1.97. The predicted octanol–water partition coefficient (Wildman–Crippen LogP) is 6.39. The molecule has 3 aromatic carbocycles. The van der Waals surface area contributed by atoms with Crippen LogP contribution in [0.15, 0.2) is 71.1 Å². The first-order chi connectivity index (χ1) is 14.5. The van der Waals surface area contributed by atoms with Crippen molar-refractivity contribution in [3.63, 3.8) is 0 Å². The van der Waals surface area contributed by atoms with Gasteiger partial charge in [0.1, 0.15) is 17.6 Å². The van der Waals surface area contributed by atoms with Crippen LogP contribution in [-0.2, 0) is 0 Å². The summed E-state index contributed by atoms with van der Waals surface area (Å²) < 4.78 is 24.9. The fourth-order valence-corrected chi connectivity index (χ4v) is 3.28. The molecule has 0 unspecified atom stereocenters. The molecular formula is C22H16Cl2FN3O2. The van der Waals surface area contributed by atoms with Crippen molar-refractivity contribution in [3.8, 4) is 17.2 Å². The third-order valence-electron chi connectivity index (χ3n) is 4.42. The summed E-state index contributed by atoms with van der Waals surface area (Å²) in [4.78, 5) is 0. The lowest BCUT2D eigenvalue weighted by atomic mass is 10.1. The molecule has 5 nitrogen and oxygen atoms in total. The Morgan fingerprint density at radius 3 is 2.47 bits per heavy atom. The zero-order valence-electron chi connectivity index (χ0n) is 15.8. The highest BCUT2D eigenvalue weighted by Gasteiger charge is 2.23. The van der Waals surface area contributed by atoms with Gasteiger partial charge < -0.3 is 14.5 Å². The van der Waals surface area contributed by atoms with Crippen molar-refractivity contribution in [2.75, 3.05) is 12.4 Å². The van der Waals surface area contributed by atoms with Crippen LogP contribution in [0.2, 0.25) is 10.0 Å². The average Bonchev–Trinajstić information content (AvgIpc) is 3.23. The summed E-state index contributed by atoms with van der Waals surface area (Å²) in [5.74, 6) is 0.716. The number of halogens is 3. The minimum Gasteiger partial charge on any atom is -0.495 e. The Morgan fingerprint density at radius 2 is 1.73 bits per heavy atom. The van der Waals surface area contributed by atoms with Gasteiger partial charge in [-0.1, -0.05) is 41.4 Å². The molecule has 0 fully saturated rings. The molecule has 0 radical (unpaired) electrons. The smallest absolute Gasteiger partial charge is 0.247 e. The van der Waals surface area contributed by atoms with Crippen LogP contribution in [0.25, 0.3) is 11.5 Å². The molecule has 8 heteroatoms. The Hall–Kier alpha value is -3.09. The van der Waals surface area contributed by atoms with Crippen LogP contribution < -0.4 is 10.1 Å². The number of hydrogen-bond donors (Lipinski definition) is 1. The molecule has 0 saturated heterocycles. The van der Waals surface area contributed by atoms with Gasteiger partial charge in [-0.25, -0.2) is 4.39 Å². The van der Waals surface area contributed by atoms with E-state index in [9.17, 15) is 4.39 Å². The van der Waals surface area contributed by atoms with Gasteiger partial charge in [0.25, 0.3) is 0 Å². The maximum Gasteiger partial charge on any atom is 0.247 e. The Kier molecular flexibility index (Phi) is 5.88. The number of ether oxygens (including phenoxy) is 1. The number of rotatable bonds is 6. The lowest BCUT2D eigenvalue weighted by Crippen LogP contribution is -2.13. The minimum atomic E-state index is -0.524. The molecule has 0 aliphatic carbocycles. The molecule has 0 aliphatic heterocycles. The first kappa shape index (κ1) is 20.2. The van der Waals surface area contributed by atoms with E-state index in [-0.39, 0.29) is 11.7 Å². The van der Waals surface area contributed by atoms with Gasteiger partial charge >= 0.3 is 0 Å². The number of hydrogen-bond acceptors (Lipinski definition) is 5. The fourth-order valence-electron chi connectivity index (χ4n) is 2.98. The van der Waals surface area contributed by atoms with Gasteiger partial charge in [0, 0.05) is 15.6 Å². The van der Waals surface area contributed by atoms with Crippen LogP contribution in [0, 0.1) is 5.82 Å². The molecule has 0 aliphatic rings. The molecule has 0 bridgehead atoms. The molecule has 1 N–H and O–H groups in total. The van der Waals surface area contributed by atoms with E-state index in [0.29, 0.717) is 32.9 Å². The molecular weight excluding hydrogens is 428 g/mol. The third kappa shape index (κ3) is 4.40. The molecule has 1 heterocycles. The Morgan fingerprint density at radius 1 is 0.967 bits per heavy atom. The Balaban J connectivity index is 1.75. The summed E-state index contributed by atoms with van der Waals surface area (Å²) in [5, 5.41) is 12.8. The number of nitrogens with one attached hydrogen (secondary N) is 1. The average molecular weight is 444 g/mol. The van der Waals surface area contributed by atoms with Crippen LogP contribution in [0.3, 0.4) is 0 Å². The van der Waals surface area contributed by atoms with Crippen molar-refractivity contribution < 1.29 is 13.5 Å². The van der Waals surface area contributed by atoms with Gasteiger partial charge in [-0.3, -0.25) is 0 Å². The van der Waals surface area contributed by atoms with Crippen LogP contribution >= 0.6 is 23.2 Å². The van der Waals surface area contributed by atoms with Gasteiger partial charge in [0.2, 0.25) is 11.8 Å². The zero-order valence-corrected chi connectivity index (χ0v) is 17.3. The quantitative estimate of drug-likeness (QED) is 0.373. The number of methoxy groups -OCH3 is 1. The number of anilines is 1. The molecule has 4 aromatic rings. The van der Waals surface area contributed by atoms with Gasteiger partial charge in [0.05, 0.1) is 12.8 Å². The van der Waals surface area contributed by atoms with E-state index in [1.165, 1.54) is 12.1 Å². The Labute approximate surface area is 182 Å². The van der Waals surface area contributed by atoms with Crippen LogP contribution in [-0.4, -0.2) is 17.3 Å². The summed E-state index contributed by atoms with van der Waals surface area (Å²) in [6.45, 7) is 0. The summed E-state index contributed by atoms with van der Waals surface area (Å²) in [6.07, 6.45) is 0. The number of benzene rings is 3. The number of aromatic nitrogens is 2. The van der Waals surface area contributed by atoms with Gasteiger partial charge in [-0.2, -0.15) is 0 Å². The van der Waals surface area contributed by atoms with Crippen molar-refractivity contribution in [3.05, 3.63) is 94.0 Å². The first-order valence-electron chi connectivity index (χ1n) is 8.98. The second-order valence-electron chi connectivity index (χ2n) is 6.43. The van der Waals surface area contributed by atoms with E-state index in [2.05, 4.69) is 15.5 Å². The Bertz CT molecular complexity index is 1170. The highest BCUT2D eigenvalue weighted by molar-refractivity contribution is 6.31. The second kappa shape index (κ2) is 8.73. The van der Waals surface area contributed by atoms with Crippen molar-refractivity contribution in [1.82, 2.24) is 10.2 Å². The lowest BCUT2D eigenvalue weighted by Gasteiger charge is -2.19. The molecule has 0 amide bonds. The van der Waals surface area contributed by atoms with E-state index in [1.807, 2.05) is 12.1 Å². The molecule has 152 valence electrons. The number of nitrogens with zero attached hydrogens (tertiary/aromatic N) is 2. The van der Waals surface area contributed by atoms with E-state index in [0.717, 1.165) is 5.56 Å². The maximum absolute atomic E-state index is 13.6. The summed E-state index contributed by atoms with van der Waals surface area (Å²) in [7, 11) is 1.57. The standard InChI is InChI=1S/C22H16Cl2FN3O2/c1-29-19-10-9-16(24)12-18(19)26-20(13-5-7-15(23)8-6-13)22-28-27-21(30-22)14-3-2-4-17(25)11-14/h2-12,20,26H,1H3/t20-/m0/s1. The van der Waals surface area contributed by atoms with E-state index in [4.69, 9.17) is 32.4 Å². The van der Waals surface area contributed by atoms with Crippen LogP contribution in [0.1, 0.15) is 17.5 Å². The highest BCUT2D eigenvalue weighted by Crippen LogP contribution is 2.34. The van der Waals surface area contributed by atoms with Crippen molar-refractivity contribution in [1.29, 1.82) is 0 Å². The highest BCUT2D eigenvalue weighted by atomic mass is 35.5. The topological polar surface area (TPSA) is 60.2 Å². The molecule has 4 rings (SSSR count). The molecule has 1 atom stereocenters. The zero-order chi connectivity index (χ0) is 21.1. The second-order valence-corrected chi connectivity index (χ2v) is 7.30. The van der Waals surface area contributed by atoms with E-state index in [1.54, 1.807) is 49.6 Å². The minimum absolute atomic E-state index is 0.211. The molecule has 1 aromatic heterocycles. The van der Waals surface area contributed by atoms with Crippen molar-refractivity contribution in [2.45, 2.75) is 6.04 Å². The predicted molar refractivity (Wildman–Crippen MR) is 115 cm³/mol. The van der Waals surface area contributed by atoms with Crippen LogP contribution in [0.5, 0.6) is 5.75 Å². The fraction of sp³-hybridized carbons (Fsp3) is 0.0909. The van der Waals surface area contributed by atoms with E-state index < -0.39 is 6.04 Å². The SMILES string of the molecule is COc1ccc(Cl)cc1N[C@@H](c1ccc(Cl)cc1)c1nnc(-c2cccc(F)c2)o1. The maximum atomic E-state index is 13.6. The van der Waals surface area contributed by atoms with Gasteiger partial charge in [0.15, 0.2) is 0 Å². The normalized spacial score (nSPS) is 11.9. The largest absolute Gasteiger partial charge is 0.495 e. The molecule has 30 heavy (non-hydrogen) atoms. The van der Waals surface area contributed by atoms with Crippen molar-refractivity contribution >= 4 is 28.9 Å². The van der Waals surface area contributed by atoms with Crippen molar-refractivity contribution in [2.24, 2.45) is 0 Å². The van der Waals surface area contributed by atoms with Gasteiger partial charge in [-0.05, 0) is 54.1 Å². The summed E-state index contributed by atoms with van der Waals surface area (Å²) in [6, 6.07) is 17.9. The van der Waals surface area contributed by atoms with Gasteiger partial charge in [-0.15, -0.1) is 10.2 Å². The first-order valence-corrected chi connectivity index (χ1v) is 9.74. The lowest BCUT2D eigenvalue weighted by molar-refractivity contribution is 0.415. The molecule has 0 spiro atoms. The van der Waals surface area contributed by atoms with E-state index >= 15 is 0 Å². The molecule has 0 saturated carbocycles.